The standard InChI is InChI=1S/C21H32N2O2/c1-5-16(4)17-8-10-18(11-9-17)21(15(2)3)22-19(24)12-14-23-13-6-7-20(23)25/h8-11,15-16,21H,5-7,12-14H2,1-4H3,(H,22,24). The molecule has 0 radical (unpaired) electrons. The third-order valence-corrected chi connectivity index (χ3v) is 5.24. The van der Waals surface area contributed by atoms with Crippen molar-refractivity contribution in [2.45, 2.75) is 65.3 Å². The molecule has 0 bridgehead atoms. The van der Waals surface area contributed by atoms with Gasteiger partial charge >= 0.3 is 0 Å². The van der Waals surface area contributed by atoms with Crippen LogP contribution >= 0.6 is 0 Å². The Morgan fingerprint density at radius 3 is 2.32 bits per heavy atom. The average molecular weight is 344 g/mol. The van der Waals surface area contributed by atoms with E-state index in [1.54, 1.807) is 4.90 Å². The molecule has 0 spiro atoms. The molecule has 0 aliphatic carbocycles. The molecule has 2 amide bonds. The fourth-order valence-corrected chi connectivity index (χ4v) is 3.33. The summed E-state index contributed by atoms with van der Waals surface area (Å²) in [4.78, 5) is 25.8. The predicted molar refractivity (Wildman–Crippen MR) is 101 cm³/mol. The van der Waals surface area contributed by atoms with E-state index in [2.05, 4.69) is 57.3 Å². The van der Waals surface area contributed by atoms with Crippen LogP contribution in [0.4, 0.5) is 0 Å². The molecule has 1 heterocycles. The number of hydrogen-bond acceptors (Lipinski definition) is 2. The summed E-state index contributed by atoms with van der Waals surface area (Å²) >= 11 is 0. The Morgan fingerprint density at radius 2 is 1.80 bits per heavy atom. The second kappa shape index (κ2) is 9.02. The van der Waals surface area contributed by atoms with Crippen LogP contribution in [0.5, 0.6) is 0 Å². The highest BCUT2D eigenvalue weighted by atomic mass is 16.2. The Morgan fingerprint density at radius 1 is 1.16 bits per heavy atom. The summed E-state index contributed by atoms with van der Waals surface area (Å²) in [7, 11) is 0. The molecule has 1 N–H and O–H groups in total. The fraction of sp³-hybridized carbons (Fsp3) is 0.619. The second-order valence-electron chi connectivity index (χ2n) is 7.50. The van der Waals surface area contributed by atoms with E-state index in [1.807, 2.05) is 0 Å². The molecule has 25 heavy (non-hydrogen) atoms. The first-order chi connectivity index (χ1) is 11.9. The summed E-state index contributed by atoms with van der Waals surface area (Å²) in [5.74, 6) is 1.06. The summed E-state index contributed by atoms with van der Waals surface area (Å²) in [6, 6.07) is 8.63. The first-order valence-electron chi connectivity index (χ1n) is 9.59. The number of benzene rings is 1. The monoisotopic (exact) mass is 344 g/mol. The highest BCUT2D eigenvalue weighted by Crippen LogP contribution is 2.25. The van der Waals surface area contributed by atoms with Crippen molar-refractivity contribution in [3.63, 3.8) is 0 Å². The Labute approximate surface area is 152 Å². The molecule has 2 atom stereocenters. The molecule has 1 aliphatic rings. The number of likely N-dealkylation sites (tertiary alicyclic amines) is 1. The van der Waals surface area contributed by atoms with Gasteiger partial charge < -0.3 is 10.2 Å². The van der Waals surface area contributed by atoms with E-state index in [4.69, 9.17) is 0 Å². The van der Waals surface area contributed by atoms with Gasteiger partial charge in [0.25, 0.3) is 0 Å². The highest BCUT2D eigenvalue weighted by Gasteiger charge is 2.22. The van der Waals surface area contributed by atoms with Gasteiger partial charge in [-0.2, -0.15) is 0 Å². The molecule has 1 aliphatic heterocycles. The maximum Gasteiger partial charge on any atom is 0.222 e. The molecule has 0 saturated carbocycles. The number of hydrogen-bond donors (Lipinski definition) is 1. The lowest BCUT2D eigenvalue weighted by Crippen LogP contribution is -2.35. The van der Waals surface area contributed by atoms with Crippen LogP contribution in [0.1, 0.15) is 76.5 Å². The van der Waals surface area contributed by atoms with Crippen LogP contribution in [0.15, 0.2) is 24.3 Å². The normalized spacial score (nSPS) is 17.0. The van der Waals surface area contributed by atoms with Crippen LogP contribution in [0, 0.1) is 5.92 Å². The lowest BCUT2D eigenvalue weighted by Gasteiger charge is -2.24. The zero-order valence-electron chi connectivity index (χ0n) is 16.0. The van der Waals surface area contributed by atoms with E-state index in [0.717, 1.165) is 24.9 Å². The Balaban J connectivity index is 1.95. The topological polar surface area (TPSA) is 49.4 Å². The summed E-state index contributed by atoms with van der Waals surface area (Å²) in [5.41, 5.74) is 2.49. The number of nitrogens with zero attached hydrogens (tertiary/aromatic N) is 1. The summed E-state index contributed by atoms with van der Waals surface area (Å²) in [5, 5.41) is 3.16. The minimum absolute atomic E-state index is 0.00719. The average Bonchev–Trinajstić information content (AvgIpc) is 3.02. The van der Waals surface area contributed by atoms with Crippen molar-refractivity contribution >= 4 is 11.8 Å². The smallest absolute Gasteiger partial charge is 0.222 e. The predicted octanol–water partition coefficient (Wildman–Crippen LogP) is 4.03. The largest absolute Gasteiger partial charge is 0.349 e. The third-order valence-electron chi connectivity index (χ3n) is 5.24. The molecule has 4 nitrogen and oxygen atoms in total. The summed E-state index contributed by atoms with van der Waals surface area (Å²) < 4.78 is 0. The van der Waals surface area contributed by atoms with E-state index in [-0.39, 0.29) is 17.9 Å². The van der Waals surface area contributed by atoms with Crippen molar-refractivity contribution in [3.8, 4) is 0 Å². The van der Waals surface area contributed by atoms with E-state index in [9.17, 15) is 9.59 Å². The van der Waals surface area contributed by atoms with Crippen molar-refractivity contribution in [1.29, 1.82) is 0 Å². The molecule has 1 aromatic carbocycles. The van der Waals surface area contributed by atoms with Crippen LogP contribution in [-0.4, -0.2) is 29.8 Å². The summed E-state index contributed by atoms with van der Waals surface area (Å²) in [6.45, 7) is 9.99. The van der Waals surface area contributed by atoms with Crippen LogP contribution in [-0.2, 0) is 9.59 Å². The van der Waals surface area contributed by atoms with Crippen molar-refractivity contribution in [1.82, 2.24) is 10.2 Å². The van der Waals surface area contributed by atoms with E-state index >= 15 is 0 Å². The minimum atomic E-state index is 0.00719. The number of rotatable bonds is 8. The van der Waals surface area contributed by atoms with Crippen molar-refractivity contribution in [2.75, 3.05) is 13.1 Å². The third kappa shape index (κ3) is 5.32. The van der Waals surface area contributed by atoms with Gasteiger partial charge in [-0.15, -0.1) is 0 Å². The first-order valence-corrected chi connectivity index (χ1v) is 9.59. The van der Waals surface area contributed by atoms with Gasteiger partial charge in [-0.05, 0) is 35.8 Å². The molecule has 0 aromatic heterocycles. The van der Waals surface area contributed by atoms with Crippen molar-refractivity contribution < 1.29 is 9.59 Å². The van der Waals surface area contributed by atoms with Gasteiger partial charge in [0.1, 0.15) is 0 Å². The molecular weight excluding hydrogens is 312 g/mol. The molecule has 138 valence electrons. The van der Waals surface area contributed by atoms with Gasteiger partial charge in [0, 0.05) is 25.9 Å². The van der Waals surface area contributed by atoms with E-state index in [0.29, 0.717) is 31.2 Å². The van der Waals surface area contributed by atoms with E-state index < -0.39 is 0 Å². The SMILES string of the molecule is CCC(C)c1ccc(C(NC(=O)CCN2CCCC2=O)C(C)C)cc1. The zero-order chi connectivity index (χ0) is 18.4. The number of nitrogens with one attached hydrogen (secondary N) is 1. The Kier molecular flexibility index (Phi) is 7.03. The highest BCUT2D eigenvalue weighted by molar-refractivity contribution is 5.80. The first kappa shape index (κ1) is 19.5. The molecule has 2 rings (SSSR count). The quantitative estimate of drug-likeness (QED) is 0.774. The Bertz CT molecular complexity index is 580. The van der Waals surface area contributed by atoms with Crippen LogP contribution in [0.2, 0.25) is 0 Å². The van der Waals surface area contributed by atoms with Gasteiger partial charge in [0.05, 0.1) is 6.04 Å². The summed E-state index contributed by atoms with van der Waals surface area (Å²) in [6.07, 6.45) is 3.04. The van der Waals surface area contributed by atoms with Crippen LogP contribution in [0.25, 0.3) is 0 Å². The fourth-order valence-electron chi connectivity index (χ4n) is 3.33. The van der Waals surface area contributed by atoms with Gasteiger partial charge in [0.15, 0.2) is 0 Å². The maximum absolute atomic E-state index is 12.4. The van der Waals surface area contributed by atoms with E-state index in [1.165, 1.54) is 5.56 Å². The van der Waals surface area contributed by atoms with Crippen molar-refractivity contribution in [2.24, 2.45) is 5.92 Å². The second-order valence-corrected chi connectivity index (χ2v) is 7.50. The van der Waals surface area contributed by atoms with Crippen LogP contribution in [0.3, 0.4) is 0 Å². The minimum Gasteiger partial charge on any atom is -0.349 e. The van der Waals surface area contributed by atoms with Gasteiger partial charge in [-0.1, -0.05) is 52.0 Å². The van der Waals surface area contributed by atoms with Gasteiger partial charge in [-0.25, -0.2) is 0 Å². The molecule has 2 unspecified atom stereocenters. The van der Waals surface area contributed by atoms with Crippen LogP contribution < -0.4 is 5.32 Å². The van der Waals surface area contributed by atoms with Crippen molar-refractivity contribution in [3.05, 3.63) is 35.4 Å². The van der Waals surface area contributed by atoms with Gasteiger partial charge in [-0.3, -0.25) is 9.59 Å². The number of amides is 2. The zero-order valence-corrected chi connectivity index (χ0v) is 16.0. The molecule has 1 aromatic rings. The van der Waals surface area contributed by atoms with Gasteiger partial charge in [0.2, 0.25) is 11.8 Å². The Hall–Kier alpha value is -1.84. The molecule has 4 heteroatoms. The number of carbonyl (C=O) groups is 2. The molecule has 1 saturated heterocycles. The maximum atomic E-state index is 12.4. The lowest BCUT2D eigenvalue weighted by atomic mass is 9.92. The lowest BCUT2D eigenvalue weighted by molar-refractivity contribution is -0.128. The molecule has 1 fully saturated rings. The molecular formula is C21H32N2O2. The number of carbonyl (C=O) groups excluding carboxylic acids is 2.